The average Bonchev–Trinajstić information content (AvgIpc) is 2.31. The maximum Gasteiger partial charge on any atom is 0.137 e. The first-order valence-electron chi connectivity index (χ1n) is 6.39. The highest BCUT2D eigenvalue weighted by Gasteiger charge is 2.10. The van der Waals surface area contributed by atoms with E-state index in [0.29, 0.717) is 11.2 Å². The van der Waals surface area contributed by atoms with E-state index in [0.717, 1.165) is 36.6 Å². The van der Waals surface area contributed by atoms with Gasteiger partial charge in [0.25, 0.3) is 0 Å². The lowest BCUT2D eigenvalue weighted by Gasteiger charge is -2.21. The van der Waals surface area contributed by atoms with Crippen LogP contribution in [0.1, 0.15) is 31.7 Å². The fraction of sp³-hybridized carbons (Fsp3) is 0.692. The van der Waals surface area contributed by atoms with E-state index in [1.54, 1.807) is 0 Å². The average molecular weight is 271 g/mol. The van der Waals surface area contributed by atoms with Crippen LogP contribution in [0.25, 0.3) is 0 Å². The van der Waals surface area contributed by atoms with Gasteiger partial charge in [0.2, 0.25) is 0 Å². The zero-order valence-electron chi connectivity index (χ0n) is 11.9. The van der Waals surface area contributed by atoms with Gasteiger partial charge in [-0.1, -0.05) is 18.5 Å². The zero-order chi connectivity index (χ0) is 13.7. The Labute approximate surface area is 115 Å². The van der Waals surface area contributed by atoms with Crippen LogP contribution in [0.3, 0.4) is 0 Å². The lowest BCUT2D eigenvalue weighted by atomic mass is 10.2. The number of aromatic nitrogens is 2. The van der Waals surface area contributed by atoms with E-state index in [2.05, 4.69) is 48.1 Å². The molecule has 18 heavy (non-hydrogen) atoms. The van der Waals surface area contributed by atoms with E-state index in [1.807, 2.05) is 6.92 Å². The van der Waals surface area contributed by atoms with E-state index in [9.17, 15) is 0 Å². The van der Waals surface area contributed by atoms with Crippen LogP contribution in [0.15, 0.2) is 0 Å². The minimum absolute atomic E-state index is 0.438. The number of hydrogen-bond donors (Lipinski definition) is 1. The molecule has 0 amide bonds. The van der Waals surface area contributed by atoms with Crippen molar-refractivity contribution in [3.63, 3.8) is 0 Å². The minimum Gasteiger partial charge on any atom is -0.368 e. The molecular formula is C13H23ClN4. The van der Waals surface area contributed by atoms with E-state index >= 15 is 0 Å². The molecule has 1 rings (SSSR count). The van der Waals surface area contributed by atoms with Crippen molar-refractivity contribution in [2.75, 3.05) is 26.0 Å². The van der Waals surface area contributed by atoms with Crippen LogP contribution in [0.5, 0.6) is 0 Å². The molecule has 0 radical (unpaired) electrons. The van der Waals surface area contributed by atoms with Crippen molar-refractivity contribution < 1.29 is 0 Å². The molecule has 0 saturated heterocycles. The smallest absolute Gasteiger partial charge is 0.137 e. The van der Waals surface area contributed by atoms with Crippen LogP contribution in [-0.4, -0.2) is 41.5 Å². The third-order valence-electron chi connectivity index (χ3n) is 3.05. The molecule has 1 heterocycles. The molecule has 4 nitrogen and oxygen atoms in total. The Morgan fingerprint density at radius 2 is 2.00 bits per heavy atom. The summed E-state index contributed by atoms with van der Waals surface area (Å²) in [7, 11) is 4.13. The molecular weight excluding hydrogens is 248 g/mol. The van der Waals surface area contributed by atoms with Gasteiger partial charge in [0.15, 0.2) is 0 Å². The second-order valence-electron chi connectivity index (χ2n) is 4.85. The van der Waals surface area contributed by atoms with Gasteiger partial charge in [-0.25, -0.2) is 9.97 Å². The Morgan fingerprint density at radius 3 is 2.56 bits per heavy atom. The van der Waals surface area contributed by atoms with Gasteiger partial charge in [-0.2, -0.15) is 0 Å². The number of likely N-dealkylation sites (N-methyl/N-ethyl adjacent to an activating group) is 1. The number of rotatable bonds is 6. The summed E-state index contributed by atoms with van der Waals surface area (Å²) < 4.78 is 0. The van der Waals surface area contributed by atoms with Gasteiger partial charge in [-0.3, -0.25) is 0 Å². The number of aryl methyl sites for hydroxylation is 1. The van der Waals surface area contributed by atoms with Gasteiger partial charge in [0.05, 0.1) is 0 Å². The molecule has 0 fully saturated rings. The van der Waals surface area contributed by atoms with Crippen LogP contribution < -0.4 is 5.32 Å². The molecule has 0 aliphatic rings. The summed E-state index contributed by atoms with van der Waals surface area (Å²) in [5.74, 6) is 1.67. The highest BCUT2D eigenvalue weighted by Crippen LogP contribution is 2.20. The van der Waals surface area contributed by atoms with E-state index in [1.165, 1.54) is 0 Å². The molecule has 1 aromatic rings. The van der Waals surface area contributed by atoms with E-state index in [4.69, 9.17) is 11.6 Å². The zero-order valence-corrected chi connectivity index (χ0v) is 12.7. The molecule has 0 aliphatic heterocycles. The van der Waals surface area contributed by atoms with Gasteiger partial charge < -0.3 is 10.2 Å². The number of nitrogens with zero attached hydrogens (tertiary/aromatic N) is 3. The molecule has 1 atom stereocenters. The third-order valence-corrected chi connectivity index (χ3v) is 3.42. The molecule has 0 aliphatic carbocycles. The van der Waals surface area contributed by atoms with E-state index in [-0.39, 0.29) is 0 Å². The van der Waals surface area contributed by atoms with Crippen molar-refractivity contribution in [1.82, 2.24) is 14.9 Å². The topological polar surface area (TPSA) is 41.1 Å². The number of nitrogens with one attached hydrogen (secondary N) is 1. The van der Waals surface area contributed by atoms with Gasteiger partial charge >= 0.3 is 0 Å². The predicted octanol–water partition coefficient (Wildman–Crippen LogP) is 2.75. The summed E-state index contributed by atoms with van der Waals surface area (Å²) in [6.45, 7) is 7.06. The van der Waals surface area contributed by atoms with Crippen molar-refractivity contribution in [1.29, 1.82) is 0 Å². The lowest BCUT2D eigenvalue weighted by Crippen LogP contribution is -2.32. The monoisotopic (exact) mass is 270 g/mol. The van der Waals surface area contributed by atoms with Crippen molar-refractivity contribution in [2.24, 2.45) is 0 Å². The molecule has 1 aromatic heterocycles. The van der Waals surface area contributed by atoms with Crippen LogP contribution >= 0.6 is 11.6 Å². The Morgan fingerprint density at radius 1 is 1.33 bits per heavy atom. The number of halogens is 1. The second-order valence-corrected chi connectivity index (χ2v) is 5.21. The standard InChI is InChI=1S/C13H23ClN4/c1-6-7-11-16-12(14)10(3)13(17-11)15-8-9(2)18(4)5/h9H,6-8H2,1-5H3,(H,15,16,17). The molecule has 0 bridgehead atoms. The first-order valence-corrected chi connectivity index (χ1v) is 6.76. The molecule has 5 heteroatoms. The largest absolute Gasteiger partial charge is 0.368 e. The fourth-order valence-corrected chi connectivity index (χ4v) is 1.65. The first kappa shape index (κ1) is 15.2. The minimum atomic E-state index is 0.438. The second kappa shape index (κ2) is 6.90. The highest BCUT2D eigenvalue weighted by molar-refractivity contribution is 6.30. The van der Waals surface area contributed by atoms with Crippen LogP contribution in [0.4, 0.5) is 5.82 Å². The quantitative estimate of drug-likeness (QED) is 0.807. The van der Waals surface area contributed by atoms with Gasteiger partial charge in [0.1, 0.15) is 16.8 Å². The van der Waals surface area contributed by atoms with Crippen LogP contribution in [0.2, 0.25) is 5.15 Å². The van der Waals surface area contributed by atoms with Crippen molar-refractivity contribution >= 4 is 17.4 Å². The Hall–Kier alpha value is -0.870. The molecule has 0 aromatic carbocycles. The molecule has 102 valence electrons. The lowest BCUT2D eigenvalue weighted by molar-refractivity contribution is 0.326. The maximum atomic E-state index is 6.13. The number of anilines is 1. The Kier molecular flexibility index (Phi) is 5.82. The molecule has 1 N–H and O–H groups in total. The number of hydrogen-bond acceptors (Lipinski definition) is 4. The maximum absolute atomic E-state index is 6.13. The molecule has 0 spiro atoms. The van der Waals surface area contributed by atoms with E-state index < -0.39 is 0 Å². The SMILES string of the molecule is CCCc1nc(Cl)c(C)c(NCC(C)N(C)C)n1. The summed E-state index contributed by atoms with van der Waals surface area (Å²) >= 11 is 6.13. The third kappa shape index (κ3) is 4.10. The van der Waals surface area contributed by atoms with Crippen LogP contribution in [-0.2, 0) is 6.42 Å². The summed E-state index contributed by atoms with van der Waals surface area (Å²) in [4.78, 5) is 11.0. The van der Waals surface area contributed by atoms with Crippen molar-refractivity contribution in [3.05, 3.63) is 16.5 Å². The molecule has 1 unspecified atom stereocenters. The summed E-state index contributed by atoms with van der Waals surface area (Å²) in [5.41, 5.74) is 0.919. The highest BCUT2D eigenvalue weighted by atomic mass is 35.5. The van der Waals surface area contributed by atoms with Gasteiger partial charge in [0, 0.05) is 24.6 Å². The normalized spacial score (nSPS) is 12.8. The summed E-state index contributed by atoms with van der Waals surface area (Å²) in [6.07, 6.45) is 1.88. The molecule has 0 saturated carbocycles. The Balaban J connectivity index is 2.80. The van der Waals surface area contributed by atoms with Gasteiger partial charge in [-0.05, 0) is 34.4 Å². The first-order chi connectivity index (χ1) is 8.45. The summed E-state index contributed by atoms with van der Waals surface area (Å²) in [6, 6.07) is 0.438. The Bertz CT molecular complexity index is 393. The van der Waals surface area contributed by atoms with Crippen molar-refractivity contribution in [3.8, 4) is 0 Å². The predicted molar refractivity (Wildman–Crippen MR) is 77.4 cm³/mol. The summed E-state index contributed by atoms with van der Waals surface area (Å²) in [5, 5.41) is 3.91. The van der Waals surface area contributed by atoms with Crippen molar-refractivity contribution in [2.45, 2.75) is 39.7 Å². The fourth-order valence-electron chi connectivity index (χ4n) is 1.47. The van der Waals surface area contributed by atoms with Crippen LogP contribution in [0, 0.1) is 6.92 Å². The van der Waals surface area contributed by atoms with Gasteiger partial charge in [-0.15, -0.1) is 0 Å².